The summed E-state index contributed by atoms with van der Waals surface area (Å²) in [5.74, 6) is 0.210. The number of ether oxygens (including phenoxy) is 2. The molecule has 0 bridgehead atoms. The third kappa shape index (κ3) is 2.69. The molecular weight excluding hydrogens is 333 g/mol. The van der Waals surface area contributed by atoms with Crippen molar-refractivity contribution in [2.75, 3.05) is 25.1 Å². The van der Waals surface area contributed by atoms with E-state index in [2.05, 4.69) is 0 Å². The molecule has 128 valence electrons. The number of halogens is 1. The van der Waals surface area contributed by atoms with E-state index in [-0.39, 0.29) is 17.1 Å². The van der Waals surface area contributed by atoms with Gasteiger partial charge in [0.05, 0.1) is 24.8 Å². The summed E-state index contributed by atoms with van der Waals surface area (Å²) in [7, 11) is -0.989. The van der Waals surface area contributed by atoms with Gasteiger partial charge in [-0.1, -0.05) is 12.1 Å². The van der Waals surface area contributed by atoms with Crippen LogP contribution in [0.3, 0.4) is 0 Å². The first-order valence-electron chi connectivity index (χ1n) is 7.51. The average Bonchev–Trinajstić information content (AvgIpc) is 2.60. The number of benzene rings is 2. The highest BCUT2D eigenvalue weighted by molar-refractivity contribution is 7.92. The number of fused-ring (bicyclic) bond motifs is 1. The van der Waals surface area contributed by atoms with Crippen LogP contribution in [0.4, 0.5) is 10.1 Å². The van der Waals surface area contributed by atoms with Gasteiger partial charge in [0.2, 0.25) is 0 Å². The number of anilines is 1. The lowest BCUT2D eigenvalue weighted by Gasteiger charge is -2.30. The number of rotatable bonds is 4. The van der Waals surface area contributed by atoms with Crippen LogP contribution in [0.1, 0.15) is 12.0 Å². The minimum atomic E-state index is -3.90. The Morgan fingerprint density at radius 2 is 1.83 bits per heavy atom. The van der Waals surface area contributed by atoms with E-state index in [0.717, 1.165) is 4.31 Å². The quantitative estimate of drug-likeness (QED) is 0.850. The van der Waals surface area contributed by atoms with Crippen molar-refractivity contribution in [2.45, 2.75) is 17.7 Å². The van der Waals surface area contributed by atoms with E-state index >= 15 is 0 Å². The predicted octanol–water partition coefficient (Wildman–Crippen LogP) is 2.98. The Bertz CT molecular complexity index is 867. The molecule has 1 aliphatic rings. The average molecular weight is 351 g/mol. The lowest BCUT2D eigenvalue weighted by atomic mass is 10.0. The Hall–Kier alpha value is -2.28. The molecule has 5 nitrogen and oxygen atoms in total. The minimum Gasteiger partial charge on any atom is -0.493 e. The second-order valence-electron chi connectivity index (χ2n) is 5.45. The largest absolute Gasteiger partial charge is 0.493 e. The van der Waals surface area contributed by atoms with Crippen LogP contribution in [0.15, 0.2) is 41.3 Å². The molecule has 2 aromatic rings. The zero-order valence-corrected chi connectivity index (χ0v) is 14.3. The summed E-state index contributed by atoms with van der Waals surface area (Å²) in [6, 6.07) is 8.99. The Kier molecular flexibility index (Phi) is 4.36. The second kappa shape index (κ2) is 6.32. The van der Waals surface area contributed by atoms with Gasteiger partial charge in [0.15, 0.2) is 11.5 Å². The molecule has 3 rings (SSSR count). The number of hydrogen-bond acceptors (Lipinski definition) is 4. The summed E-state index contributed by atoms with van der Waals surface area (Å²) >= 11 is 0. The normalized spacial score (nSPS) is 14.2. The highest BCUT2D eigenvalue weighted by Gasteiger charge is 2.31. The van der Waals surface area contributed by atoms with Crippen molar-refractivity contribution in [3.8, 4) is 11.5 Å². The third-order valence-electron chi connectivity index (χ3n) is 4.07. The molecule has 0 amide bonds. The summed E-state index contributed by atoms with van der Waals surface area (Å²) in [5.41, 5.74) is 0.837. The van der Waals surface area contributed by atoms with Crippen LogP contribution >= 0.6 is 0 Å². The molecule has 0 atom stereocenters. The highest BCUT2D eigenvalue weighted by Crippen LogP contribution is 2.36. The zero-order chi connectivity index (χ0) is 17.3. The van der Waals surface area contributed by atoms with Crippen LogP contribution in [-0.2, 0) is 16.4 Å². The fourth-order valence-electron chi connectivity index (χ4n) is 2.91. The van der Waals surface area contributed by atoms with Crippen molar-refractivity contribution < 1.29 is 22.3 Å². The summed E-state index contributed by atoms with van der Waals surface area (Å²) in [5, 5.41) is 0. The number of aryl methyl sites for hydroxylation is 1. The Morgan fingerprint density at radius 3 is 2.54 bits per heavy atom. The van der Waals surface area contributed by atoms with Crippen LogP contribution in [0, 0.1) is 5.82 Å². The second-order valence-corrected chi connectivity index (χ2v) is 7.31. The standard InChI is InChI=1S/C17H18FNO4S/c1-22-15-9-8-13(11-16(15)23-2)24(20,21)19-10-4-6-12-5-3-7-14(18)17(12)19/h3,5,7-9,11H,4,6,10H2,1-2H3. The monoisotopic (exact) mass is 351 g/mol. The molecule has 0 spiro atoms. The van der Waals surface area contributed by atoms with Gasteiger partial charge in [0.25, 0.3) is 10.0 Å². The van der Waals surface area contributed by atoms with Gasteiger partial charge in [-0.3, -0.25) is 4.31 Å². The van der Waals surface area contributed by atoms with Gasteiger partial charge in [-0.25, -0.2) is 12.8 Å². The molecule has 0 N–H and O–H groups in total. The van der Waals surface area contributed by atoms with Gasteiger partial charge in [0, 0.05) is 12.6 Å². The maximum Gasteiger partial charge on any atom is 0.264 e. The number of sulfonamides is 1. The first-order valence-corrected chi connectivity index (χ1v) is 8.95. The first-order chi connectivity index (χ1) is 11.5. The SMILES string of the molecule is COc1ccc(S(=O)(=O)N2CCCc3cccc(F)c32)cc1OC. The Labute approximate surface area is 140 Å². The van der Waals surface area contributed by atoms with Crippen molar-refractivity contribution >= 4 is 15.7 Å². The number of methoxy groups -OCH3 is 2. The van der Waals surface area contributed by atoms with Crippen molar-refractivity contribution in [3.05, 3.63) is 47.8 Å². The molecule has 2 aromatic carbocycles. The highest BCUT2D eigenvalue weighted by atomic mass is 32.2. The molecule has 1 aliphatic heterocycles. The minimum absolute atomic E-state index is 0.0382. The smallest absolute Gasteiger partial charge is 0.264 e. The van der Waals surface area contributed by atoms with Crippen LogP contribution in [0.2, 0.25) is 0 Å². The van der Waals surface area contributed by atoms with Crippen molar-refractivity contribution in [2.24, 2.45) is 0 Å². The summed E-state index contributed by atoms with van der Waals surface area (Å²) in [4.78, 5) is 0.0382. The molecule has 0 aliphatic carbocycles. The molecule has 0 fully saturated rings. The maximum absolute atomic E-state index is 14.3. The first kappa shape index (κ1) is 16.6. The lowest BCUT2D eigenvalue weighted by molar-refractivity contribution is 0.354. The van der Waals surface area contributed by atoms with Gasteiger partial charge >= 0.3 is 0 Å². The molecular formula is C17H18FNO4S. The van der Waals surface area contributed by atoms with E-state index in [1.807, 2.05) is 0 Å². The summed E-state index contributed by atoms with van der Waals surface area (Å²) in [6.07, 6.45) is 1.30. The molecule has 0 saturated heterocycles. The Morgan fingerprint density at radius 1 is 1.08 bits per heavy atom. The molecule has 0 saturated carbocycles. The summed E-state index contributed by atoms with van der Waals surface area (Å²) in [6.45, 7) is 0.241. The molecule has 0 unspecified atom stereocenters. The van der Waals surface area contributed by atoms with Crippen molar-refractivity contribution in [1.29, 1.82) is 0 Å². The van der Waals surface area contributed by atoms with Gasteiger partial charge < -0.3 is 9.47 Å². The van der Waals surface area contributed by atoms with E-state index in [1.54, 1.807) is 12.1 Å². The fraction of sp³-hybridized carbons (Fsp3) is 0.294. The molecule has 24 heavy (non-hydrogen) atoms. The number of hydrogen-bond donors (Lipinski definition) is 0. The van der Waals surface area contributed by atoms with Crippen molar-refractivity contribution in [3.63, 3.8) is 0 Å². The van der Waals surface area contributed by atoms with Crippen LogP contribution < -0.4 is 13.8 Å². The van der Waals surface area contributed by atoms with Gasteiger partial charge in [-0.15, -0.1) is 0 Å². The summed E-state index contributed by atoms with van der Waals surface area (Å²) < 4.78 is 51.8. The van der Waals surface area contributed by atoms with E-state index in [4.69, 9.17) is 9.47 Å². The number of para-hydroxylation sites is 1. The van der Waals surface area contributed by atoms with Gasteiger partial charge in [-0.2, -0.15) is 0 Å². The Balaban J connectivity index is 2.10. The van der Waals surface area contributed by atoms with Crippen LogP contribution in [0.5, 0.6) is 11.5 Å². The topological polar surface area (TPSA) is 55.8 Å². The van der Waals surface area contributed by atoms with Crippen LogP contribution in [-0.4, -0.2) is 29.2 Å². The van der Waals surface area contributed by atoms with E-state index in [1.165, 1.54) is 38.5 Å². The van der Waals surface area contributed by atoms with E-state index < -0.39 is 15.8 Å². The molecule has 1 heterocycles. The predicted molar refractivity (Wildman–Crippen MR) is 88.8 cm³/mol. The maximum atomic E-state index is 14.3. The van der Waals surface area contributed by atoms with Gasteiger partial charge in [-0.05, 0) is 36.6 Å². The molecule has 7 heteroatoms. The molecule has 0 aromatic heterocycles. The fourth-order valence-corrected chi connectivity index (χ4v) is 4.48. The zero-order valence-electron chi connectivity index (χ0n) is 13.5. The number of nitrogens with zero attached hydrogens (tertiary/aromatic N) is 1. The van der Waals surface area contributed by atoms with E-state index in [9.17, 15) is 12.8 Å². The lowest BCUT2D eigenvalue weighted by Crippen LogP contribution is -2.36. The van der Waals surface area contributed by atoms with Crippen molar-refractivity contribution in [1.82, 2.24) is 0 Å². The van der Waals surface area contributed by atoms with Crippen LogP contribution in [0.25, 0.3) is 0 Å². The molecule has 0 radical (unpaired) electrons. The van der Waals surface area contributed by atoms with E-state index in [0.29, 0.717) is 29.9 Å². The van der Waals surface area contributed by atoms with Gasteiger partial charge in [0.1, 0.15) is 5.82 Å². The third-order valence-corrected chi connectivity index (χ3v) is 5.87.